The number of nitrogen functional groups attached to an aromatic ring is 1. The van der Waals surface area contributed by atoms with Gasteiger partial charge in [0.2, 0.25) is 0 Å². The molecule has 18 heavy (non-hydrogen) atoms. The lowest BCUT2D eigenvalue weighted by atomic mass is 10.2. The lowest BCUT2D eigenvalue weighted by Gasteiger charge is -2.11. The average molecular weight is 420 g/mol. The van der Waals surface area contributed by atoms with Crippen LogP contribution >= 0.6 is 38.5 Å². The summed E-state index contributed by atoms with van der Waals surface area (Å²) in [5.74, 6) is 0.683. The average Bonchev–Trinajstić information content (AvgIpc) is 2.32. The lowest BCUT2D eigenvalue weighted by molar-refractivity contribution is 0.696. The number of hydrogen-bond acceptors (Lipinski definition) is 3. The van der Waals surface area contributed by atoms with Gasteiger partial charge in [-0.2, -0.15) is 0 Å². The minimum absolute atomic E-state index is 0.0366. The highest BCUT2D eigenvalue weighted by Crippen LogP contribution is 2.19. The van der Waals surface area contributed by atoms with Crippen LogP contribution in [0.1, 0.15) is 11.4 Å². The summed E-state index contributed by atoms with van der Waals surface area (Å²) in [7, 11) is 0. The number of benzene rings is 1. The first-order chi connectivity index (χ1) is 8.49. The van der Waals surface area contributed by atoms with E-state index in [1.807, 2.05) is 47.7 Å². The molecule has 0 unspecified atom stereocenters. The van der Waals surface area contributed by atoms with Gasteiger partial charge in [-0.3, -0.25) is 9.36 Å². The van der Waals surface area contributed by atoms with E-state index in [0.29, 0.717) is 21.6 Å². The molecule has 1 aromatic heterocycles. The Balaban J connectivity index is 2.46. The molecule has 94 valence electrons. The highest BCUT2D eigenvalue weighted by molar-refractivity contribution is 14.1. The number of aryl methyl sites for hydroxylation is 1. The van der Waals surface area contributed by atoms with E-state index in [1.54, 1.807) is 10.8 Å². The van der Waals surface area contributed by atoms with Crippen LogP contribution in [-0.2, 0) is 6.54 Å². The molecule has 0 aliphatic rings. The van der Waals surface area contributed by atoms with Crippen molar-refractivity contribution in [1.82, 2.24) is 9.55 Å². The fourth-order valence-corrected chi connectivity index (χ4v) is 2.43. The molecule has 0 aliphatic carbocycles. The topological polar surface area (TPSA) is 60.9 Å². The van der Waals surface area contributed by atoms with Gasteiger partial charge in [-0.25, -0.2) is 4.98 Å². The SMILES string of the molecule is Cc1ncc(I)c(=O)n1Cc1ccc(Br)cc1N. The van der Waals surface area contributed by atoms with E-state index in [0.717, 1.165) is 10.0 Å². The summed E-state index contributed by atoms with van der Waals surface area (Å²) in [5, 5.41) is 0. The van der Waals surface area contributed by atoms with Gasteiger partial charge in [0.15, 0.2) is 0 Å². The van der Waals surface area contributed by atoms with E-state index >= 15 is 0 Å². The zero-order valence-electron chi connectivity index (χ0n) is 9.65. The van der Waals surface area contributed by atoms with E-state index in [2.05, 4.69) is 20.9 Å². The molecular weight excluding hydrogens is 409 g/mol. The van der Waals surface area contributed by atoms with Crippen molar-refractivity contribution in [1.29, 1.82) is 0 Å². The number of rotatable bonds is 2. The van der Waals surface area contributed by atoms with E-state index in [-0.39, 0.29) is 5.56 Å². The minimum atomic E-state index is -0.0366. The van der Waals surface area contributed by atoms with Crippen molar-refractivity contribution in [3.63, 3.8) is 0 Å². The van der Waals surface area contributed by atoms with Crippen molar-refractivity contribution in [2.45, 2.75) is 13.5 Å². The van der Waals surface area contributed by atoms with Gasteiger partial charge in [-0.1, -0.05) is 22.0 Å². The highest BCUT2D eigenvalue weighted by atomic mass is 127. The van der Waals surface area contributed by atoms with E-state index in [4.69, 9.17) is 5.73 Å². The van der Waals surface area contributed by atoms with E-state index < -0.39 is 0 Å². The minimum Gasteiger partial charge on any atom is -0.398 e. The summed E-state index contributed by atoms with van der Waals surface area (Å²) in [4.78, 5) is 16.2. The standard InChI is InChI=1S/C12H11BrIN3O/c1-7-16-5-10(14)12(18)17(7)6-8-2-3-9(13)4-11(8)15/h2-5H,6,15H2,1H3. The highest BCUT2D eigenvalue weighted by Gasteiger charge is 2.08. The van der Waals surface area contributed by atoms with Crippen LogP contribution in [0.2, 0.25) is 0 Å². The van der Waals surface area contributed by atoms with E-state index in [1.165, 1.54) is 0 Å². The third kappa shape index (κ3) is 2.74. The van der Waals surface area contributed by atoms with Gasteiger partial charge >= 0.3 is 0 Å². The van der Waals surface area contributed by atoms with Crippen molar-refractivity contribution in [3.8, 4) is 0 Å². The summed E-state index contributed by atoms with van der Waals surface area (Å²) in [6, 6.07) is 5.65. The predicted octanol–water partition coefficient (Wildman–Crippen LogP) is 2.55. The molecular formula is C12H11BrIN3O. The Morgan fingerprint density at radius 3 is 2.89 bits per heavy atom. The maximum atomic E-state index is 12.0. The summed E-state index contributed by atoms with van der Waals surface area (Å²) in [6.07, 6.45) is 1.58. The molecule has 0 radical (unpaired) electrons. The fourth-order valence-electron chi connectivity index (χ4n) is 1.62. The summed E-state index contributed by atoms with van der Waals surface area (Å²) < 4.78 is 3.16. The Morgan fingerprint density at radius 1 is 1.50 bits per heavy atom. The Morgan fingerprint density at radius 2 is 2.22 bits per heavy atom. The van der Waals surface area contributed by atoms with Gasteiger partial charge in [0.25, 0.3) is 5.56 Å². The molecule has 4 nitrogen and oxygen atoms in total. The van der Waals surface area contributed by atoms with Crippen LogP contribution in [0.3, 0.4) is 0 Å². The van der Waals surface area contributed by atoms with Crippen LogP contribution in [0.4, 0.5) is 5.69 Å². The largest absolute Gasteiger partial charge is 0.398 e. The van der Waals surface area contributed by atoms with Crippen molar-refractivity contribution >= 4 is 44.2 Å². The normalized spacial score (nSPS) is 10.6. The smallest absolute Gasteiger partial charge is 0.267 e. The first kappa shape index (κ1) is 13.5. The van der Waals surface area contributed by atoms with Crippen LogP contribution in [0, 0.1) is 10.5 Å². The second kappa shape index (κ2) is 5.40. The molecule has 1 aromatic carbocycles. The molecule has 2 rings (SSSR count). The van der Waals surface area contributed by atoms with Gasteiger partial charge in [0.1, 0.15) is 5.82 Å². The van der Waals surface area contributed by atoms with Gasteiger partial charge in [0, 0.05) is 16.4 Å². The number of hydrogen-bond donors (Lipinski definition) is 1. The van der Waals surface area contributed by atoms with Crippen molar-refractivity contribution < 1.29 is 0 Å². The monoisotopic (exact) mass is 419 g/mol. The van der Waals surface area contributed by atoms with Crippen LogP contribution in [0.25, 0.3) is 0 Å². The summed E-state index contributed by atoms with van der Waals surface area (Å²) in [6.45, 7) is 2.25. The Hall–Kier alpha value is -0.890. The number of nitrogens with two attached hydrogens (primary N) is 1. The molecule has 1 heterocycles. The number of aromatic nitrogens is 2. The Bertz CT molecular complexity index is 654. The van der Waals surface area contributed by atoms with Crippen molar-refractivity contribution in [2.24, 2.45) is 0 Å². The first-order valence-electron chi connectivity index (χ1n) is 5.25. The second-order valence-electron chi connectivity index (χ2n) is 3.89. The maximum Gasteiger partial charge on any atom is 0.267 e. The molecule has 0 atom stereocenters. The molecule has 0 saturated heterocycles. The lowest BCUT2D eigenvalue weighted by Crippen LogP contribution is -2.26. The Kier molecular flexibility index (Phi) is 4.06. The van der Waals surface area contributed by atoms with Crippen molar-refractivity contribution in [2.75, 3.05) is 5.73 Å². The number of anilines is 1. The van der Waals surface area contributed by atoms with Crippen molar-refractivity contribution in [3.05, 3.63) is 54.2 Å². The van der Waals surface area contributed by atoms with Crippen LogP contribution in [0.5, 0.6) is 0 Å². The van der Waals surface area contributed by atoms with Gasteiger partial charge in [0.05, 0.1) is 10.1 Å². The third-order valence-corrected chi connectivity index (χ3v) is 3.87. The zero-order valence-corrected chi connectivity index (χ0v) is 13.4. The maximum absolute atomic E-state index is 12.0. The molecule has 2 N–H and O–H groups in total. The van der Waals surface area contributed by atoms with Crippen LogP contribution < -0.4 is 11.3 Å². The number of halogens is 2. The molecule has 0 amide bonds. The van der Waals surface area contributed by atoms with Gasteiger partial charge < -0.3 is 5.73 Å². The second-order valence-corrected chi connectivity index (χ2v) is 5.97. The molecule has 0 fully saturated rings. The van der Waals surface area contributed by atoms with Gasteiger partial charge in [-0.05, 0) is 47.2 Å². The Labute approximate surface area is 126 Å². The first-order valence-corrected chi connectivity index (χ1v) is 7.12. The molecule has 0 aliphatic heterocycles. The molecule has 2 aromatic rings. The van der Waals surface area contributed by atoms with E-state index in [9.17, 15) is 4.79 Å². The molecule has 0 bridgehead atoms. The third-order valence-electron chi connectivity index (χ3n) is 2.64. The van der Waals surface area contributed by atoms with Gasteiger partial charge in [-0.15, -0.1) is 0 Å². The summed E-state index contributed by atoms with van der Waals surface area (Å²) in [5.41, 5.74) is 7.47. The predicted molar refractivity (Wildman–Crippen MR) is 83.6 cm³/mol. The van der Waals surface area contributed by atoms with Crippen LogP contribution in [-0.4, -0.2) is 9.55 Å². The zero-order chi connectivity index (χ0) is 13.3. The summed E-state index contributed by atoms with van der Waals surface area (Å²) >= 11 is 5.35. The molecule has 6 heteroatoms. The fraction of sp³-hybridized carbons (Fsp3) is 0.167. The van der Waals surface area contributed by atoms with Crippen LogP contribution in [0.15, 0.2) is 33.7 Å². The molecule has 0 spiro atoms. The molecule has 0 saturated carbocycles. The quantitative estimate of drug-likeness (QED) is 0.601. The number of nitrogens with zero attached hydrogens (tertiary/aromatic N) is 2.